The number of hydrogen-bond acceptors (Lipinski definition) is 3. The van der Waals surface area contributed by atoms with Crippen molar-refractivity contribution >= 4 is 0 Å². The number of likely N-dealkylation sites (tertiary alicyclic amines) is 1. The van der Waals surface area contributed by atoms with Gasteiger partial charge in [0.25, 0.3) is 0 Å². The summed E-state index contributed by atoms with van der Waals surface area (Å²) in [4.78, 5) is 2.64. The smallest absolute Gasteiger partial charge is 0.128 e. The van der Waals surface area contributed by atoms with Gasteiger partial charge in [0.05, 0.1) is 0 Å². The zero-order chi connectivity index (χ0) is 14.9. The van der Waals surface area contributed by atoms with Gasteiger partial charge < -0.3 is 9.84 Å². The van der Waals surface area contributed by atoms with Crippen LogP contribution in [-0.4, -0.2) is 28.7 Å². The monoisotopic (exact) mass is 289 g/mol. The normalized spacial score (nSPS) is 26.3. The van der Waals surface area contributed by atoms with Crippen LogP contribution in [0.25, 0.3) is 0 Å². The molecular weight excluding hydrogens is 262 g/mol. The molecule has 2 aliphatic heterocycles. The summed E-state index contributed by atoms with van der Waals surface area (Å²) in [6.45, 7) is 6.66. The molecule has 3 heteroatoms. The van der Waals surface area contributed by atoms with Gasteiger partial charge >= 0.3 is 0 Å². The van der Waals surface area contributed by atoms with Crippen molar-refractivity contribution < 1.29 is 9.84 Å². The summed E-state index contributed by atoms with van der Waals surface area (Å²) in [7, 11) is 0. The van der Waals surface area contributed by atoms with Crippen molar-refractivity contribution in [2.75, 3.05) is 13.1 Å². The quantitative estimate of drug-likeness (QED) is 0.838. The van der Waals surface area contributed by atoms with Crippen LogP contribution in [0, 0.1) is 0 Å². The Morgan fingerprint density at radius 2 is 1.76 bits per heavy atom. The lowest BCUT2D eigenvalue weighted by Gasteiger charge is -2.43. The summed E-state index contributed by atoms with van der Waals surface area (Å²) < 4.78 is 6.09. The number of phenolic OH excluding ortho intramolecular Hbond substituents is 1. The van der Waals surface area contributed by atoms with E-state index >= 15 is 0 Å². The van der Waals surface area contributed by atoms with Gasteiger partial charge in [0, 0.05) is 24.1 Å². The first-order chi connectivity index (χ1) is 10.1. The Morgan fingerprint density at radius 3 is 2.48 bits per heavy atom. The third kappa shape index (κ3) is 3.34. The minimum atomic E-state index is -0.173. The highest BCUT2D eigenvalue weighted by atomic mass is 16.5. The minimum absolute atomic E-state index is 0.173. The maximum Gasteiger partial charge on any atom is 0.128 e. The first-order valence-electron chi connectivity index (χ1n) is 8.31. The first-order valence-corrected chi connectivity index (χ1v) is 8.31. The van der Waals surface area contributed by atoms with E-state index < -0.39 is 0 Å². The van der Waals surface area contributed by atoms with Crippen LogP contribution in [-0.2, 0) is 0 Å². The van der Waals surface area contributed by atoms with Gasteiger partial charge in [-0.15, -0.1) is 0 Å². The molecule has 1 aromatic carbocycles. The van der Waals surface area contributed by atoms with Gasteiger partial charge in [-0.2, -0.15) is 0 Å². The summed E-state index contributed by atoms with van der Waals surface area (Å²) in [5.41, 5.74) is 1.07. The van der Waals surface area contributed by atoms with Crippen molar-refractivity contribution in [3.05, 3.63) is 23.8 Å². The van der Waals surface area contributed by atoms with Gasteiger partial charge in [0.15, 0.2) is 0 Å². The topological polar surface area (TPSA) is 32.7 Å². The number of benzene rings is 1. The molecule has 0 spiro atoms. The lowest BCUT2D eigenvalue weighted by atomic mass is 9.88. The van der Waals surface area contributed by atoms with Gasteiger partial charge in [-0.3, -0.25) is 4.90 Å². The maximum absolute atomic E-state index is 9.74. The molecule has 0 saturated carbocycles. The fourth-order valence-electron chi connectivity index (χ4n) is 3.71. The highest BCUT2D eigenvalue weighted by molar-refractivity contribution is 5.44. The Labute approximate surface area is 127 Å². The van der Waals surface area contributed by atoms with E-state index in [0.717, 1.165) is 12.2 Å². The maximum atomic E-state index is 9.74. The van der Waals surface area contributed by atoms with Crippen LogP contribution < -0.4 is 4.74 Å². The number of hydrogen-bond donors (Lipinski definition) is 1. The number of phenols is 1. The minimum Gasteiger partial charge on any atom is -0.508 e. The SMILES string of the molecule is CC1(C)CC(N2CCCCCCC2)c2ccc(O)cc2O1. The van der Waals surface area contributed by atoms with Crippen LogP contribution in [0.1, 0.15) is 64.0 Å². The second-order valence-electron chi connectivity index (χ2n) is 7.11. The largest absolute Gasteiger partial charge is 0.508 e. The molecule has 3 rings (SSSR count). The Hall–Kier alpha value is -1.22. The molecule has 1 unspecified atom stereocenters. The van der Waals surface area contributed by atoms with E-state index in [9.17, 15) is 5.11 Å². The second-order valence-corrected chi connectivity index (χ2v) is 7.11. The van der Waals surface area contributed by atoms with Crippen molar-refractivity contribution in [2.45, 2.75) is 64.0 Å². The van der Waals surface area contributed by atoms with E-state index in [1.807, 2.05) is 6.07 Å². The molecule has 1 aromatic rings. The molecule has 2 aliphatic rings. The zero-order valence-electron chi connectivity index (χ0n) is 13.3. The zero-order valence-corrected chi connectivity index (χ0v) is 13.3. The Balaban J connectivity index is 1.90. The second kappa shape index (κ2) is 5.88. The fraction of sp³-hybridized carbons (Fsp3) is 0.667. The molecule has 1 N–H and O–H groups in total. The highest BCUT2D eigenvalue weighted by Gasteiger charge is 2.36. The third-order valence-corrected chi connectivity index (χ3v) is 4.76. The van der Waals surface area contributed by atoms with Crippen LogP contribution in [0.5, 0.6) is 11.5 Å². The average molecular weight is 289 g/mol. The molecular formula is C18H27NO2. The standard InChI is InChI=1S/C18H27NO2/c1-18(2)13-16(19-10-6-4-3-5-7-11-19)15-9-8-14(20)12-17(15)21-18/h8-9,12,16,20H,3-7,10-11,13H2,1-2H3. The van der Waals surface area contributed by atoms with Gasteiger partial charge in [-0.1, -0.05) is 25.3 Å². The number of ether oxygens (including phenoxy) is 1. The Morgan fingerprint density at radius 1 is 1.10 bits per heavy atom. The molecule has 21 heavy (non-hydrogen) atoms. The summed E-state index contributed by atoms with van der Waals surface area (Å²) in [5.74, 6) is 1.15. The van der Waals surface area contributed by atoms with Gasteiger partial charge in [-0.25, -0.2) is 0 Å². The number of aromatic hydroxyl groups is 1. The van der Waals surface area contributed by atoms with Crippen LogP contribution in [0.2, 0.25) is 0 Å². The third-order valence-electron chi connectivity index (χ3n) is 4.76. The number of nitrogens with zero attached hydrogens (tertiary/aromatic N) is 1. The molecule has 116 valence electrons. The molecule has 1 fully saturated rings. The van der Waals surface area contributed by atoms with E-state index in [4.69, 9.17) is 4.74 Å². The first kappa shape index (κ1) is 14.7. The Kier molecular flexibility index (Phi) is 4.12. The van der Waals surface area contributed by atoms with Crippen LogP contribution in [0.3, 0.4) is 0 Å². The summed E-state index contributed by atoms with van der Waals surface area (Å²) >= 11 is 0. The van der Waals surface area contributed by atoms with Crippen LogP contribution >= 0.6 is 0 Å². The summed E-state index contributed by atoms with van der Waals surface area (Å²) in [5, 5.41) is 9.74. The van der Waals surface area contributed by atoms with Crippen molar-refractivity contribution in [1.29, 1.82) is 0 Å². The molecule has 0 radical (unpaired) electrons. The summed E-state index contributed by atoms with van der Waals surface area (Å²) in [6.07, 6.45) is 7.70. The highest BCUT2D eigenvalue weighted by Crippen LogP contribution is 2.44. The summed E-state index contributed by atoms with van der Waals surface area (Å²) in [6, 6.07) is 6.02. The van der Waals surface area contributed by atoms with Crippen LogP contribution in [0.4, 0.5) is 0 Å². The van der Waals surface area contributed by atoms with Gasteiger partial charge in [0.2, 0.25) is 0 Å². The van der Waals surface area contributed by atoms with E-state index in [1.165, 1.54) is 50.8 Å². The van der Waals surface area contributed by atoms with E-state index in [0.29, 0.717) is 6.04 Å². The number of fused-ring (bicyclic) bond motifs is 1. The van der Waals surface area contributed by atoms with E-state index in [1.54, 1.807) is 12.1 Å². The van der Waals surface area contributed by atoms with Crippen molar-refractivity contribution in [3.8, 4) is 11.5 Å². The van der Waals surface area contributed by atoms with Gasteiger partial charge in [-0.05, 0) is 45.8 Å². The molecule has 0 bridgehead atoms. The predicted octanol–water partition coefficient (Wildman–Crippen LogP) is 4.26. The van der Waals surface area contributed by atoms with Crippen molar-refractivity contribution in [2.24, 2.45) is 0 Å². The molecule has 0 aliphatic carbocycles. The Bertz CT molecular complexity index is 490. The lowest BCUT2D eigenvalue weighted by molar-refractivity contribution is 0.0270. The van der Waals surface area contributed by atoms with Gasteiger partial charge in [0.1, 0.15) is 17.1 Å². The van der Waals surface area contributed by atoms with E-state index in [-0.39, 0.29) is 11.4 Å². The van der Waals surface area contributed by atoms with Crippen molar-refractivity contribution in [3.63, 3.8) is 0 Å². The predicted molar refractivity (Wildman–Crippen MR) is 84.8 cm³/mol. The average Bonchev–Trinajstić information content (AvgIpc) is 2.35. The molecule has 2 heterocycles. The molecule has 0 amide bonds. The molecule has 0 aromatic heterocycles. The van der Waals surface area contributed by atoms with Crippen LogP contribution in [0.15, 0.2) is 18.2 Å². The van der Waals surface area contributed by atoms with Crippen molar-refractivity contribution in [1.82, 2.24) is 4.90 Å². The fourth-order valence-corrected chi connectivity index (χ4v) is 3.71. The molecule has 1 atom stereocenters. The van der Waals surface area contributed by atoms with E-state index in [2.05, 4.69) is 18.7 Å². The lowest BCUT2D eigenvalue weighted by Crippen LogP contribution is -2.42. The number of rotatable bonds is 1. The molecule has 3 nitrogen and oxygen atoms in total. The molecule has 1 saturated heterocycles.